The molecule has 0 atom stereocenters. The molecule has 1 amide bonds. The Bertz CT molecular complexity index is 1010. The van der Waals surface area contributed by atoms with E-state index in [1.54, 1.807) is 12.0 Å². The van der Waals surface area contributed by atoms with E-state index in [9.17, 15) is 13.6 Å². The molecule has 2 aromatic carbocycles. The number of hydrogen-bond donors (Lipinski definition) is 0. The summed E-state index contributed by atoms with van der Waals surface area (Å²) in [5.74, 6) is 0.263. The lowest BCUT2D eigenvalue weighted by atomic mass is 9.93. The van der Waals surface area contributed by atoms with Crippen molar-refractivity contribution in [1.82, 2.24) is 15.0 Å². The van der Waals surface area contributed by atoms with Gasteiger partial charge in [-0.25, -0.2) is 8.78 Å². The van der Waals surface area contributed by atoms with Crippen molar-refractivity contribution in [3.05, 3.63) is 65.6 Å². The number of carbonyl (C=O) groups excluding carboxylic acids is 1. The molecule has 1 aromatic heterocycles. The first-order valence-corrected chi connectivity index (χ1v) is 9.74. The minimum Gasteiger partial charge on any atom is -0.497 e. The Kier molecular flexibility index (Phi) is 5.74. The van der Waals surface area contributed by atoms with E-state index < -0.39 is 11.6 Å². The molecule has 0 aliphatic carbocycles. The Labute approximate surface area is 172 Å². The van der Waals surface area contributed by atoms with Crippen LogP contribution in [0, 0.1) is 17.6 Å². The van der Waals surface area contributed by atoms with E-state index in [2.05, 4.69) is 10.1 Å². The lowest BCUT2D eigenvalue weighted by molar-refractivity contribution is 0.0686. The Morgan fingerprint density at radius 3 is 2.43 bits per heavy atom. The Morgan fingerprint density at radius 1 is 1.13 bits per heavy atom. The Morgan fingerprint density at radius 2 is 1.80 bits per heavy atom. The first-order chi connectivity index (χ1) is 14.5. The lowest BCUT2D eigenvalue weighted by Crippen LogP contribution is -2.39. The molecule has 1 aliphatic heterocycles. The van der Waals surface area contributed by atoms with Crippen LogP contribution < -0.4 is 4.74 Å². The highest BCUT2D eigenvalue weighted by Crippen LogP contribution is 2.25. The maximum Gasteiger partial charge on any atom is 0.254 e. The molecule has 8 heteroatoms. The lowest BCUT2D eigenvalue weighted by Gasteiger charge is -2.31. The minimum atomic E-state index is -0.753. The van der Waals surface area contributed by atoms with E-state index in [0.717, 1.165) is 42.4 Å². The van der Waals surface area contributed by atoms with E-state index in [-0.39, 0.29) is 11.5 Å². The fraction of sp³-hybridized carbons (Fsp3) is 0.318. The normalized spacial score (nSPS) is 14.7. The van der Waals surface area contributed by atoms with Crippen LogP contribution in [0.4, 0.5) is 8.78 Å². The highest BCUT2D eigenvalue weighted by atomic mass is 19.1. The Balaban J connectivity index is 1.33. The fourth-order valence-electron chi connectivity index (χ4n) is 3.64. The minimum absolute atomic E-state index is 0.0342. The second kappa shape index (κ2) is 8.61. The van der Waals surface area contributed by atoms with Gasteiger partial charge in [0.15, 0.2) is 0 Å². The van der Waals surface area contributed by atoms with Crippen molar-refractivity contribution in [1.29, 1.82) is 0 Å². The highest BCUT2D eigenvalue weighted by molar-refractivity contribution is 5.94. The molecule has 2 heterocycles. The van der Waals surface area contributed by atoms with Gasteiger partial charge in [-0.15, -0.1) is 0 Å². The maximum atomic E-state index is 13.4. The van der Waals surface area contributed by atoms with Gasteiger partial charge in [0.05, 0.1) is 7.11 Å². The highest BCUT2D eigenvalue weighted by Gasteiger charge is 2.26. The Hall–Kier alpha value is -3.29. The van der Waals surface area contributed by atoms with Crippen molar-refractivity contribution in [2.24, 2.45) is 5.92 Å². The van der Waals surface area contributed by atoms with Gasteiger partial charge in [-0.05, 0) is 55.2 Å². The zero-order valence-corrected chi connectivity index (χ0v) is 16.5. The number of carbonyl (C=O) groups is 1. The largest absolute Gasteiger partial charge is 0.497 e. The van der Waals surface area contributed by atoms with E-state index in [0.29, 0.717) is 37.1 Å². The number of likely N-dealkylation sites (tertiary alicyclic amines) is 1. The number of ether oxygens (including phenoxy) is 1. The van der Waals surface area contributed by atoms with Crippen LogP contribution >= 0.6 is 0 Å². The summed E-state index contributed by atoms with van der Waals surface area (Å²) in [6.45, 7) is 1.03. The van der Waals surface area contributed by atoms with Crippen LogP contribution in [-0.2, 0) is 6.42 Å². The summed E-state index contributed by atoms with van der Waals surface area (Å²) in [4.78, 5) is 18.6. The molecular weight excluding hydrogens is 392 g/mol. The molecule has 0 radical (unpaired) electrons. The topological polar surface area (TPSA) is 68.5 Å². The summed E-state index contributed by atoms with van der Waals surface area (Å²) in [5.41, 5.74) is 0.875. The molecule has 0 spiro atoms. The van der Waals surface area contributed by atoms with Gasteiger partial charge in [0, 0.05) is 36.7 Å². The van der Waals surface area contributed by atoms with Gasteiger partial charge in [-0.3, -0.25) is 4.79 Å². The van der Waals surface area contributed by atoms with Crippen LogP contribution in [0.3, 0.4) is 0 Å². The zero-order valence-electron chi connectivity index (χ0n) is 16.5. The number of amides is 1. The molecular formula is C22H21F2N3O3. The summed E-state index contributed by atoms with van der Waals surface area (Å²) >= 11 is 0. The number of aromatic nitrogens is 2. The first-order valence-electron chi connectivity index (χ1n) is 9.74. The van der Waals surface area contributed by atoms with Crippen LogP contribution in [0.2, 0.25) is 0 Å². The number of hydrogen-bond acceptors (Lipinski definition) is 5. The van der Waals surface area contributed by atoms with Gasteiger partial charge in [0.2, 0.25) is 11.7 Å². The number of methoxy groups -OCH3 is 1. The summed E-state index contributed by atoms with van der Waals surface area (Å²) in [5, 5.41) is 4.04. The van der Waals surface area contributed by atoms with Crippen LogP contribution in [-0.4, -0.2) is 41.1 Å². The number of halogens is 2. The molecule has 1 saturated heterocycles. The van der Waals surface area contributed by atoms with Crippen LogP contribution in [0.1, 0.15) is 29.1 Å². The third-order valence-corrected chi connectivity index (χ3v) is 5.29. The number of nitrogens with zero attached hydrogens (tertiary/aromatic N) is 3. The summed E-state index contributed by atoms with van der Waals surface area (Å²) in [6, 6.07) is 10.3. The zero-order chi connectivity index (χ0) is 21.1. The maximum absolute atomic E-state index is 13.4. The van der Waals surface area contributed by atoms with Crippen molar-refractivity contribution in [2.75, 3.05) is 20.2 Å². The predicted molar refractivity (Wildman–Crippen MR) is 105 cm³/mol. The molecule has 6 nitrogen and oxygen atoms in total. The average molecular weight is 413 g/mol. The second-order valence-electron chi connectivity index (χ2n) is 7.34. The van der Waals surface area contributed by atoms with Crippen molar-refractivity contribution in [3.8, 4) is 17.1 Å². The summed E-state index contributed by atoms with van der Waals surface area (Å²) in [6.07, 6.45) is 2.13. The standard InChI is InChI=1S/C22H21F2N3O3/c1-29-19-4-2-15(3-5-19)21-25-20(30-26-21)10-14-6-8-27(9-7-14)22(28)16-11-17(23)13-18(24)12-16/h2-5,11-14H,6-10H2,1H3. The van der Waals surface area contributed by atoms with E-state index in [1.165, 1.54) is 0 Å². The molecule has 3 aromatic rings. The van der Waals surface area contributed by atoms with Crippen molar-refractivity contribution >= 4 is 5.91 Å². The van der Waals surface area contributed by atoms with Gasteiger partial charge in [0.1, 0.15) is 17.4 Å². The molecule has 0 unspecified atom stereocenters. The third kappa shape index (κ3) is 4.48. The van der Waals surface area contributed by atoms with Gasteiger partial charge < -0.3 is 14.2 Å². The summed E-state index contributed by atoms with van der Waals surface area (Å²) < 4.78 is 37.3. The molecule has 1 fully saturated rings. The van der Waals surface area contributed by atoms with Crippen molar-refractivity contribution in [3.63, 3.8) is 0 Å². The first kappa shape index (κ1) is 20.0. The molecule has 1 aliphatic rings. The predicted octanol–water partition coefficient (Wildman–Crippen LogP) is 4.12. The molecule has 156 valence electrons. The number of rotatable bonds is 5. The molecule has 0 N–H and O–H groups in total. The van der Waals surface area contributed by atoms with E-state index >= 15 is 0 Å². The van der Waals surface area contributed by atoms with Crippen LogP contribution in [0.15, 0.2) is 47.0 Å². The molecule has 0 bridgehead atoms. The van der Waals surface area contributed by atoms with Gasteiger partial charge in [-0.1, -0.05) is 5.16 Å². The van der Waals surface area contributed by atoms with Gasteiger partial charge >= 0.3 is 0 Å². The van der Waals surface area contributed by atoms with Crippen molar-refractivity contribution < 1.29 is 22.8 Å². The van der Waals surface area contributed by atoms with Crippen molar-refractivity contribution in [2.45, 2.75) is 19.3 Å². The quantitative estimate of drug-likeness (QED) is 0.630. The molecule has 4 rings (SSSR count). The SMILES string of the molecule is COc1ccc(-c2noc(CC3CCN(C(=O)c4cc(F)cc(F)c4)CC3)n2)cc1. The third-order valence-electron chi connectivity index (χ3n) is 5.29. The summed E-state index contributed by atoms with van der Waals surface area (Å²) in [7, 11) is 1.61. The van der Waals surface area contributed by atoms with E-state index in [4.69, 9.17) is 9.26 Å². The number of benzene rings is 2. The van der Waals surface area contributed by atoms with Gasteiger partial charge in [0.25, 0.3) is 5.91 Å². The van der Waals surface area contributed by atoms with Crippen LogP contribution in [0.5, 0.6) is 5.75 Å². The van der Waals surface area contributed by atoms with Crippen LogP contribution in [0.25, 0.3) is 11.4 Å². The average Bonchev–Trinajstić information content (AvgIpc) is 3.21. The fourth-order valence-corrected chi connectivity index (χ4v) is 3.64. The number of piperidine rings is 1. The monoisotopic (exact) mass is 413 g/mol. The molecule has 30 heavy (non-hydrogen) atoms. The van der Waals surface area contributed by atoms with E-state index in [1.807, 2.05) is 24.3 Å². The molecule has 0 saturated carbocycles. The van der Waals surface area contributed by atoms with Gasteiger partial charge in [-0.2, -0.15) is 4.98 Å². The smallest absolute Gasteiger partial charge is 0.254 e. The second-order valence-corrected chi connectivity index (χ2v) is 7.34.